The fraction of sp³-hybridized carbons (Fsp3) is 0.222. The molecule has 1 aliphatic rings. The smallest absolute Gasteiger partial charge is 0.265 e. The maximum atomic E-state index is 13.5. The van der Waals surface area contributed by atoms with E-state index in [1.165, 1.54) is 17.3 Å². The number of nitrogens with one attached hydrogen (secondary N) is 1. The van der Waals surface area contributed by atoms with E-state index in [2.05, 4.69) is 22.3 Å². The first kappa shape index (κ1) is 22.5. The number of aromatic nitrogens is 5. The summed E-state index contributed by atoms with van der Waals surface area (Å²) < 4.78 is 3.36. The minimum absolute atomic E-state index is 0.151. The van der Waals surface area contributed by atoms with Gasteiger partial charge in [-0.1, -0.05) is 36.0 Å². The standard InChI is InChI=1S/C27H24N6O2S/c1-15-8-9-18(10-16(15)2)33-25-21(13-28-33)26(35)32-19(14-36-27(32)31-25)12-24(34)30-23-11-17(3)29-22-7-5-4-6-20(22)23/h4-11,13,19H,12,14H2,1-3H3,(H,29,30,34). The van der Waals surface area contributed by atoms with Crippen LogP contribution in [0.3, 0.4) is 0 Å². The van der Waals surface area contributed by atoms with Gasteiger partial charge in [0, 0.05) is 23.3 Å². The molecule has 0 spiro atoms. The number of benzene rings is 2. The molecule has 6 rings (SSSR count). The maximum absolute atomic E-state index is 13.5. The minimum Gasteiger partial charge on any atom is -0.325 e. The van der Waals surface area contributed by atoms with Crippen LogP contribution in [0, 0.1) is 20.8 Å². The Morgan fingerprint density at radius 3 is 2.72 bits per heavy atom. The molecule has 9 heteroatoms. The third-order valence-corrected chi connectivity index (χ3v) is 7.74. The lowest BCUT2D eigenvalue weighted by Gasteiger charge is -2.15. The highest BCUT2D eigenvalue weighted by Gasteiger charge is 2.30. The number of rotatable bonds is 4. The first-order valence-electron chi connectivity index (χ1n) is 11.8. The summed E-state index contributed by atoms with van der Waals surface area (Å²) in [5.74, 6) is 0.456. The van der Waals surface area contributed by atoms with Gasteiger partial charge in [0.25, 0.3) is 5.56 Å². The molecule has 1 aliphatic heterocycles. The highest BCUT2D eigenvalue weighted by molar-refractivity contribution is 7.99. The zero-order valence-electron chi connectivity index (χ0n) is 20.1. The van der Waals surface area contributed by atoms with Crippen LogP contribution >= 0.6 is 11.8 Å². The Balaban J connectivity index is 1.31. The van der Waals surface area contributed by atoms with Gasteiger partial charge in [-0.25, -0.2) is 9.67 Å². The van der Waals surface area contributed by atoms with E-state index in [1.807, 2.05) is 62.4 Å². The van der Waals surface area contributed by atoms with Crippen LogP contribution in [0.15, 0.2) is 64.7 Å². The number of aryl methyl sites for hydroxylation is 3. The van der Waals surface area contributed by atoms with Gasteiger partial charge in [-0.05, 0) is 56.2 Å². The Bertz CT molecular complexity index is 1740. The number of nitrogens with zero attached hydrogens (tertiary/aromatic N) is 5. The predicted octanol–water partition coefficient (Wildman–Crippen LogP) is 4.73. The number of hydrogen-bond donors (Lipinski definition) is 1. The lowest BCUT2D eigenvalue weighted by atomic mass is 10.1. The number of amides is 1. The summed E-state index contributed by atoms with van der Waals surface area (Å²) in [6, 6.07) is 15.4. The van der Waals surface area contributed by atoms with Gasteiger partial charge in [-0.15, -0.1) is 0 Å². The number of fused-ring (bicyclic) bond motifs is 3. The zero-order chi connectivity index (χ0) is 25.0. The molecule has 1 amide bonds. The fourth-order valence-corrected chi connectivity index (χ4v) is 5.78. The van der Waals surface area contributed by atoms with Gasteiger partial charge >= 0.3 is 0 Å². The molecule has 8 nitrogen and oxygen atoms in total. The van der Waals surface area contributed by atoms with E-state index in [1.54, 1.807) is 15.4 Å². The van der Waals surface area contributed by atoms with Crippen LogP contribution in [-0.4, -0.2) is 36.0 Å². The maximum Gasteiger partial charge on any atom is 0.265 e. The third-order valence-electron chi connectivity index (χ3n) is 6.65. The summed E-state index contributed by atoms with van der Waals surface area (Å²) >= 11 is 1.49. The normalized spacial score (nSPS) is 14.9. The van der Waals surface area contributed by atoms with Crippen LogP contribution in [0.2, 0.25) is 0 Å². The average Bonchev–Trinajstić information content (AvgIpc) is 3.46. The fourth-order valence-electron chi connectivity index (χ4n) is 4.65. The molecule has 3 aromatic heterocycles. The van der Waals surface area contributed by atoms with Crippen molar-refractivity contribution in [1.29, 1.82) is 0 Å². The van der Waals surface area contributed by atoms with Gasteiger partial charge in [0.15, 0.2) is 10.8 Å². The first-order valence-corrected chi connectivity index (χ1v) is 12.7. The number of carbonyl (C=O) groups excluding carboxylic acids is 1. The molecule has 0 radical (unpaired) electrons. The molecule has 2 aromatic carbocycles. The molecule has 1 unspecified atom stereocenters. The Hall–Kier alpha value is -3.98. The molecular formula is C27H24N6O2S. The number of thioether (sulfide) groups is 1. The van der Waals surface area contributed by atoms with Gasteiger partial charge in [-0.3, -0.25) is 19.1 Å². The van der Waals surface area contributed by atoms with E-state index >= 15 is 0 Å². The zero-order valence-corrected chi connectivity index (χ0v) is 21.0. The van der Waals surface area contributed by atoms with Crippen LogP contribution in [0.25, 0.3) is 27.6 Å². The monoisotopic (exact) mass is 496 g/mol. The Kier molecular flexibility index (Phi) is 5.37. The largest absolute Gasteiger partial charge is 0.325 e. The minimum atomic E-state index is -0.284. The molecule has 0 saturated heterocycles. The Morgan fingerprint density at radius 1 is 1.06 bits per heavy atom. The van der Waals surface area contributed by atoms with Crippen molar-refractivity contribution in [1.82, 2.24) is 24.3 Å². The Labute approximate surface area is 211 Å². The van der Waals surface area contributed by atoms with E-state index in [0.29, 0.717) is 21.9 Å². The molecule has 36 heavy (non-hydrogen) atoms. The molecule has 4 heterocycles. The van der Waals surface area contributed by atoms with E-state index in [9.17, 15) is 9.59 Å². The quantitative estimate of drug-likeness (QED) is 0.362. The first-order chi connectivity index (χ1) is 17.4. The van der Waals surface area contributed by atoms with Crippen molar-refractivity contribution in [3.63, 3.8) is 0 Å². The highest BCUT2D eigenvalue weighted by atomic mass is 32.2. The lowest BCUT2D eigenvalue weighted by Crippen LogP contribution is -2.27. The summed E-state index contributed by atoms with van der Waals surface area (Å²) in [6.07, 6.45) is 1.74. The lowest BCUT2D eigenvalue weighted by molar-refractivity contribution is -0.116. The predicted molar refractivity (Wildman–Crippen MR) is 142 cm³/mol. The van der Waals surface area contributed by atoms with Crippen molar-refractivity contribution in [2.24, 2.45) is 0 Å². The van der Waals surface area contributed by atoms with Gasteiger partial charge in [0.2, 0.25) is 5.91 Å². The molecule has 1 atom stereocenters. The van der Waals surface area contributed by atoms with Crippen molar-refractivity contribution in [2.45, 2.75) is 38.4 Å². The van der Waals surface area contributed by atoms with E-state index < -0.39 is 0 Å². The summed E-state index contributed by atoms with van der Waals surface area (Å²) in [6.45, 7) is 6.01. The molecular weight excluding hydrogens is 472 g/mol. The number of hydrogen-bond acceptors (Lipinski definition) is 6. The van der Waals surface area contributed by atoms with Gasteiger partial charge in [0.1, 0.15) is 5.39 Å². The second kappa shape index (κ2) is 8.60. The number of pyridine rings is 1. The van der Waals surface area contributed by atoms with Gasteiger partial charge in [0.05, 0.1) is 29.1 Å². The number of anilines is 1. The summed E-state index contributed by atoms with van der Waals surface area (Å²) in [7, 11) is 0. The van der Waals surface area contributed by atoms with Gasteiger partial charge < -0.3 is 5.32 Å². The molecule has 0 fully saturated rings. The molecule has 5 aromatic rings. The van der Waals surface area contributed by atoms with Crippen LogP contribution in [0.1, 0.15) is 29.3 Å². The second-order valence-corrected chi connectivity index (χ2v) is 10.2. The van der Waals surface area contributed by atoms with Crippen molar-refractivity contribution in [3.8, 4) is 5.69 Å². The van der Waals surface area contributed by atoms with Crippen molar-refractivity contribution >= 4 is 45.3 Å². The molecule has 1 N–H and O–H groups in total. The van der Waals surface area contributed by atoms with Crippen molar-refractivity contribution < 1.29 is 4.79 Å². The molecule has 0 bridgehead atoms. The summed E-state index contributed by atoms with van der Waals surface area (Å²) in [5, 5.41) is 9.44. The van der Waals surface area contributed by atoms with Crippen LogP contribution in [-0.2, 0) is 4.79 Å². The number of carbonyl (C=O) groups is 1. The van der Waals surface area contributed by atoms with Gasteiger partial charge in [-0.2, -0.15) is 5.10 Å². The molecule has 0 saturated carbocycles. The molecule has 180 valence electrons. The SMILES string of the molecule is Cc1cc(NC(=O)CC2CSc3nc4c(cnn4-c4ccc(C)c(C)c4)c(=O)n32)c2ccccc2n1. The van der Waals surface area contributed by atoms with E-state index in [4.69, 9.17) is 4.98 Å². The van der Waals surface area contributed by atoms with Crippen LogP contribution < -0.4 is 10.9 Å². The molecule has 0 aliphatic carbocycles. The average molecular weight is 497 g/mol. The Morgan fingerprint density at radius 2 is 1.89 bits per heavy atom. The third kappa shape index (κ3) is 3.76. The topological polar surface area (TPSA) is 94.7 Å². The summed E-state index contributed by atoms with van der Waals surface area (Å²) in [4.78, 5) is 35.9. The summed E-state index contributed by atoms with van der Waals surface area (Å²) in [5.41, 5.74) is 5.95. The van der Waals surface area contributed by atoms with E-state index in [-0.39, 0.29) is 23.9 Å². The van der Waals surface area contributed by atoms with Crippen molar-refractivity contribution in [2.75, 3.05) is 11.1 Å². The number of para-hydroxylation sites is 1. The van der Waals surface area contributed by atoms with Crippen LogP contribution in [0.4, 0.5) is 5.69 Å². The second-order valence-electron chi connectivity index (χ2n) is 9.18. The van der Waals surface area contributed by atoms with Crippen molar-refractivity contribution in [3.05, 3.63) is 81.9 Å². The highest BCUT2D eigenvalue weighted by Crippen LogP contribution is 2.34. The van der Waals surface area contributed by atoms with Crippen LogP contribution in [0.5, 0.6) is 0 Å². The van der Waals surface area contributed by atoms with E-state index in [0.717, 1.165) is 33.5 Å².